The highest BCUT2D eigenvalue weighted by Gasteiger charge is 2.37. The van der Waals surface area contributed by atoms with Crippen LogP contribution in [-0.2, 0) is 4.74 Å². The second-order valence-corrected chi connectivity index (χ2v) is 7.06. The quantitative estimate of drug-likeness (QED) is 0.790. The van der Waals surface area contributed by atoms with Crippen molar-refractivity contribution in [2.24, 2.45) is 5.41 Å². The summed E-state index contributed by atoms with van der Waals surface area (Å²) in [5.74, 6) is 0. The second-order valence-electron chi connectivity index (χ2n) is 7.06. The van der Waals surface area contributed by atoms with Crippen LogP contribution in [0.3, 0.4) is 0 Å². The second kappa shape index (κ2) is 6.36. The summed E-state index contributed by atoms with van der Waals surface area (Å²) in [5.41, 5.74) is 0.484. The standard InChI is InChI=1S/C15H32N2O/c1-7-17(13(2)3)11-15(8-9-18-12-15)10-16-14(4,5)6/h13,16H,7-12H2,1-6H3. The zero-order valence-corrected chi connectivity index (χ0v) is 13.2. The minimum Gasteiger partial charge on any atom is -0.381 e. The lowest BCUT2D eigenvalue weighted by Gasteiger charge is -2.38. The third-order valence-corrected chi connectivity index (χ3v) is 3.85. The molecule has 0 aliphatic carbocycles. The van der Waals surface area contributed by atoms with E-state index in [4.69, 9.17) is 4.74 Å². The van der Waals surface area contributed by atoms with Gasteiger partial charge in [-0.3, -0.25) is 0 Å². The van der Waals surface area contributed by atoms with Gasteiger partial charge in [-0.05, 0) is 47.6 Å². The van der Waals surface area contributed by atoms with E-state index < -0.39 is 0 Å². The lowest BCUT2D eigenvalue weighted by Crippen LogP contribution is -2.50. The van der Waals surface area contributed by atoms with Crippen molar-refractivity contribution in [2.45, 2.75) is 59.5 Å². The fourth-order valence-electron chi connectivity index (χ4n) is 2.51. The number of rotatable bonds is 6. The molecule has 0 aromatic heterocycles. The molecule has 0 spiro atoms. The van der Waals surface area contributed by atoms with Crippen LogP contribution in [0.1, 0.15) is 48.0 Å². The molecular weight excluding hydrogens is 224 g/mol. The Morgan fingerprint density at radius 2 is 2.00 bits per heavy atom. The lowest BCUT2D eigenvalue weighted by atomic mass is 9.85. The van der Waals surface area contributed by atoms with E-state index in [0.717, 1.165) is 32.8 Å². The van der Waals surface area contributed by atoms with Gasteiger partial charge in [0.15, 0.2) is 0 Å². The average Bonchev–Trinajstić information content (AvgIpc) is 2.71. The Kier molecular flexibility index (Phi) is 5.63. The van der Waals surface area contributed by atoms with E-state index in [9.17, 15) is 0 Å². The minimum absolute atomic E-state index is 0.185. The van der Waals surface area contributed by atoms with Gasteiger partial charge >= 0.3 is 0 Å². The van der Waals surface area contributed by atoms with E-state index in [1.54, 1.807) is 0 Å². The maximum Gasteiger partial charge on any atom is 0.0547 e. The van der Waals surface area contributed by atoms with Gasteiger partial charge in [0.25, 0.3) is 0 Å². The molecule has 1 atom stereocenters. The zero-order chi connectivity index (χ0) is 13.8. The van der Waals surface area contributed by atoms with Crippen LogP contribution in [0, 0.1) is 5.41 Å². The van der Waals surface area contributed by atoms with Gasteiger partial charge in [0.1, 0.15) is 0 Å². The first-order valence-electron chi connectivity index (χ1n) is 7.35. The van der Waals surface area contributed by atoms with Crippen molar-refractivity contribution in [1.82, 2.24) is 10.2 Å². The maximum absolute atomic E-state index is 5.68. The maximum atomic E-state index is 5.68. The molecule has 0 amide bonds. The summed E-state index contributed by atoms with van der Waals surface area (Å²) in [4.78, 5) is 2.55. The first-order chi connectivity index (χ1) is 8.28. The molecule has 108 valence electrons. The van der Waals surface area contributed by atoms with E-state index in [-0.39, 0.29) is 5.54 Å². The molecule has 0 aromatic carbocycles. The Labute approximate surface area is 113 Å². The molecular formula is C15H32N2O. The molecule has 1 unspecified atom stereocenters. The number of hydrogen-bond acceptors (Lipinski definition) is 3. The molecule has 0 bridgehead atoms. The molecule has 1 saturated heterocycles. The highest BCUT2D eigenvalue weighted by molar-refractivity contribution is 4.91. The first kappa shape index (κ1) is 15.9. The molecule has 3 heteroatoms. The minimum atomic E-state index is 0.185. The number of nitrogens with zero attached hydrogens (tertiary/aromatic N) is 1. The summed E-state index contributed by atoms with van der Waals surface area (Å²) in [6.45, 7) is 18.7. The number of hydrogen-bond donors (Lipinski definition) is 1. The summed E-state index contributed by atoms with van der Waals surface area (Å²) in [6.07, 6.45) is 1.18. The predicted octanol–water partition coefficient (Wildman–Crippen LogP) is 2.51. The van der Waals surface area contributed by atoms with Gasteiger partial charge in [0, 0.05) is 36.7 Å². The Hall–Kier alpha value is -0.120. The Bertz CT molecular complexity index is 239. The van der Waals surface area contributed by atoms with E-state index in [1.165, 1.54) is 6.42 Å². The van der Waals surface area contributed by atoms with Crippen molar-refractivity contribution in [3.8, 4) is 0 Å². The fourth-order valence-corrected chi connectivity index (χ4v) is 2.51. The molecule has 18 heavy (non-hydrogen) atoms. The van der Waals surface area contributed by atoms with Gasteiger partial charge in [-0.25, -0.2) is 0 Å². The summed E-state index contributed by atoms with van der Waals surface area (Å²) < 4.78 is 5.68. The van der Waals surface area contributed by atoms with E-state index in [2.05, 4.69) is 51.8 Å². The van der Waals surface area contributed by atoms with Crippen molar-refractivity contribution in [3.63, 3.8) is 0 Å². The molecule has 1 fully saturated rings. The van der Waals surface area contributed by atoms with Gasteiger partial charge in [-0.1, -0.05) is 6.92 Å². The van der Waals surface area contributed by atoms with Crippen molar-refractivity contribution >= 4 is 0 Å². The predicted molar refractivity (Wildman–Crippen MR) is 78.0 cm³/mol. The molecule has 1 aliphatic rings. The van der Waals surface area contributed by atoms with Crippen LogP contribution in [0.5, 0.6) is 0 Å². The molecule has 0 saturated carbocycles. The Morgan fingerprint density at radius 3 is 2.39 bits per heavy atom. The highest BCUT2D eigenvalue weighted by Crippen LogP contribution is 2.30. The van der Waals surface area contributed by atoms with Crippen LogP contribution in [0.4, 0.5) is 0 Å². The van der Waals surface area contributed by atoms with Crippen molar-refractivity contribution in [1.29, 1.82) is 0 Å². The van der Waals surface area contributed by atoms with E-state index >= 15 is 0 Å². The van der Waals surface area contributed by atoms with E-state index in [1.807, 2.05) is 0 Å². The lowest BCUT2D eigenvalue weighted by molar-refractivity contribution is 0.0912. The van der Waals surface area contributed by atoms with Gasteiger partial charge in [0.2, 0.25) is 0 Å². The summed E-state index contributed by atoms with van der Waals surface area (Å²) in [6, 6.07) is 0.613. The monoisotopic (exact) mass is 256 g/mol. The molecule has 0 aromatic rings. The first-order valence-corrected chi connectivity index (χ1v) is 7.35. The highest BCUT2D eigenvalue weighted by atomic mass is 16.5. The Morgan fingerprint density at radius 1 is 1.33 bits per heavy atom. The van der Waals surface area contributed by atoms with Gasteiger partial charge < -0.3 is 15.0 Å². The number of ether oxygens (including phenoxy) is 1. The SMILES string of the molecule is CCN(CC1(CNC(C)(C)C)CCOC1)C(C)C. The average molecular weight is 256 g/mol. The summed E-state index contributed by atoms with van der Waals surface area (Å²) >= 11 is 0. The van der Waals surface area contributed by atoms with Crippen LogP contribution in [0.2, 0.25) is 0 Å². The smallest absolute Gasteiger partial charge is 0.0547 e. The van der Waals surface area contributed by atoms with Crippen molar-refractivity contribution in [3.05, 3.63) is 0 Å². The largest absolute Gasteiger partial charge is 0.381 e. The van der Waals surface area contributed by atoms with Crippen LogP contribution < -0.4 is 5.32 Å². The van der Waals surface area contributed by atoms with Crippen molar-refractivity contribution in [2.75, 3.05) is 32.8 Å². The third-order valence-electron chi connectivity index (χ3n) is 3.85. The topological polar surface area (TPSA) is 24.5 Å². The van der Waals surface area contributed by atoms with Crippen LogP contribution in [0.25, 0.3) is 0 Å². The molecule has 1 heterocycles. The van der Waals surface area contributed by atoms with E-state index in [0.29, 0.717) is 11.5 Å². The molecule has 1 N–H and O–H groups in total. The molecule has 0 radical (unpaired) electrons. The van der Waals surface area contributed by atoms with Crippen LogP contribution >= 0.6 is 0 Å². The zero-order valence-electron chi connectivity index (χ0n) is 13.2. The van der Waals surface area contributed by atoms with Gasteiger partial charge in [-0.15, -0.1) is 0 Å². The normalized spacial score (nSPS) is 25.3. The summed E-state index contributed by atoms with van der Waals surface area (Å²) in [5, 5.41) is 3.67. The van der Waals surface area contributed by atoms with Crippen LogP contribution in [0.15, 0.2) is 0 Å². The van der Waals surface area contributed by atoms with Gasteiger partial charge in [0.05, 0.1) is 6.61 Å². The third kappa shape index (κ3) is 4.87. The van der Waals surface area contributed by atoms with Crippen LogP contribution in [-0.4, -0.2) is 49.3 Å². The molecule has 1 aliphatic heterocycles. The summed E-state index contributed by atoms with van der Waals surface area (Å²) in [7, 11) is 0. The molecule has 3 nitrogen and oxygen atoms in total. The fraction of sp³-hybridized carbons (Fsp3) is 1.00. The van der Waals surface area contributed by atoms with Crippen molar-refractivity contribution < 1.29 is 4.74 Å². The molecule has 1 rings (SSSR count). The number of nitrogens with one attached hydrogen (secondary N) is 1. The Balaban J connectivity index is 2.62. The van der Waals surface area contributed by atoms with Gasteiger partial charge in [-0.2, -0.15) is 0 Å².